The Balaban J connectivity index is 1.38. The molecule has 2 aromatic heterocycles. The van der Waals surface area contributed by atoms with Crippen molar-refractivity contribution in [2.75, 3.05) is 12.4 Å². The molecule has 4 rings (SSSR count). The molecule has 10 heteroatoms. The number of hydrogen-bond acceptors (Lipinski definition) is 7. The quantitative estimate of drug-likeness (QED) is 0.308. The van der Waals surface area contributed by atoms with Crippen molar-refractivity contribution in [3.05, 3.63) is 84.7 Å². The number of carbonyl (C=O) groups excluding carboxylic acids is 3. The van der Waals surface area contributed by atoms with Gasteiger partial charge in [-0.05, 0) is 24.3 Å². The summed E-state index contributed by atoms with van der Waals surface area (Å²) in [6.07, 6.45) is 1.69. The SMILES string of the molecule is Cn1cccc1C(=O)NC(=O)COC(=O)CSc1nnc(-c2ccccc2)n1-c1ccccc1. The first kappa shape index (κ1) is 23.0. The van der Waals surface area contributed by atoms with Crippen molar-refractivity contribution in [1.82, 2.24) is 24.6 Å². The molecule has 0 bridgehead atoms. The van der Waals surface area contributed by atoms with Crippen molar-refractivity contribution in [3.63, 3.8) is 0 Å². The van der Waals surface area contributed by atoms with E-state index in [4.69, 9.17) is 4.74 Å². The zero-order valence-corrected chi connectivity index (χ0v) is 19.1. The van der Waals surface area contributed by atoms with E-state index in [-0.39, 0.29) is 5.75 Å². The fraction of sp³-hybridized carbons (Fsp3) is 0.125. The van der Waals surface area contributed by atoms with E-state index in [2.05, 4.69) is 15.5 Å². The van der Waals surface area contributed by atoms with E-state index in [0.29, 0.717) is 16.7 Å². The van der Waals surface area contributed by atoms with E-state index in [1.165, 1.54) is 0 Å². The van der Waals surface area contributed by atoms with Crippen molar-refractivity contribution in [1.29, 1.82) is 0 Å². The number of amides is 2. The topological polar surface area (TPSA) is 108 Å². The number of aryl methyl sites for hydroxylation is 1. The van der Waals surface area contributed by atoms with Crippen LogP contribution in [0.2, 0.25) is 0 Å². The average molecular weight is 476 g/mol. The van der Waals surface area contributed by atoms with Crippen molar-refractivity contribution < 1.29 is 19.1 Å². The van der Waals surface area contributed by atoms with E-state index in [1.807, 2.05) is 65.2 Å². The summed E-state index contributed by atoms with van der Waals surface area (Å²) < 4.78 is 8.46. The second kappa shape index (κ2) is 10.6. The Morgan fingerprint density at radius 2 is 1.65 bits per heavy atom. The number of carbonyl (C=O) groups is 3. The van der Waals surface area contributed by atoms with Crippen LogP contribution < -0.4 is 5.32 Å². The highest BCUT2D eigenvalue weighted by Crippen LogP contribution is 2.27. The number of thioether (sulfide) groups is 1. The Morgan fingerprint density at radius 3 is 2.32 bits per heavy atom. The van der Waals surface area contributed by atoms with Gasteiger partial charge in [0.15, 0.2) is 17.6 Å². The molecule has 172 valence electrons. The minimum absolute atomic E-state index is 0.0845. The third kappa shape index (κ3) is 5.41. The van der Waals surface area contributed by atoms with Gasteiger partial charge in [-0.15, -0.1) is 10.2 Å². The number of para-hydroxylation sites is 1. The highest BCUT2D eigenvalue weighted by molar-refractivity contribution is 7.99. The van der Waals surface area contributed by atoms with E-state index >= 15 is 0 Å². The van der Waals surface area contributed by atoms with Crippen LogP contribution in [0.3, 0.4) is 0 Å². The zero-order valence-electron chi connectivity index (χ0n) is 18.2. The lowest BCUT2D eigenvalue weighted by atomic mass is 10.2. The molecule has 9 nitrogen and oxygen atoms in total. The number of imide groups is 1. The molecule has 2 aromatic carbocycles. The zero-order chi connectivity index (χ0) is 23.9. The molecule has 0 saturated heterocycles. The number of aromatic nitrogens is 4. The van der Waals surface area contributed by atoms with E-state index in [1.54, 1.807) is 29.9 Å². The summed E-state index contributed by atoms with van der Waals surface area (Å²) in [7, 11) is 1.69. The molecular weight excluding hydrogens is 454 g/mol. The van der Waals surface area contributed by atoms with Crippen LogP contribution in [0.4, 0.5) is 0 Å². The van der Waals surface area contributed by atoms with Gasteiger partial charge in [-0.25, -0.2) is 0 Å². The molecule has 0 saturated carbocycles. The van der Waals surface area contributed by atoms with Gasteiger partial charge in [-0.3, -0.25) is 24.3 Å². The van der Waals surface area contributed by atoms with Crippen LogP contribution in [0.5, 0.6) is 0 Å². The van der Waals surface area contributed by atoms with Crippen molar-refractivity contribution in [2.24, 2.45) is 7.05 Å². The van der Waals surface area contributed by atoms with Gasteiger partial charge in [0.05, 0.1) is 5.75 Å². The van der Waals surface area contributed by atoms with Gasteiger partial charge in [0.25, 0.3) is 11.8 Å². The number of rotatable bonds is 8. The van der Waals surface area contributed by atoms with Crippen molar-refractivity contribution >= 4 is 29.5 Å². The third-order valence-corrected chi connectivity index (χ3v) is 5.69. The lowest BCUT2D eigenvalue weighted by Crippen LogP contribution is -2.35. The van der Waals surface area contributed by atoms with Gasteiger partial charge < -0.3 is 9.30 Å². The summed E-state index contributed by atoms with van der Waals surface area (Å²) in [5.74, 6) is -1.33. The number of esters is 1. The summed E-state index contributed by atoms with van der Waals surface area (Å²) in [6.45, 7) is -0.559. The predicted octanol–water partition coefficient (Wildman–Crippen LogP) is 2.86. The second-order valence-corrected chi connectivity index (χ2v) is 8.12. The molecule has 0 atom stereocenters. The largest absolute Gasteiger partial charge is 0.455 e. The van der Waals surface area contributed by atoms with Crippen LogP contribution in [-0.2, 0) is 21.4 Å². The smallest absolute Gasteiger partial charge is 0.316 e. The molecule has 4 aromatic rings. The number of ether oxygens (including phenoxy) is 1. The summed E-state index contributed by atoms with van der Waals surface area (Å²) in [5.41, 5.74) is 2.05. The summed E-state index contributed by atoms with van der Waals surface area (Å²) >= 11 is 1.14. The summed E-state index contributed by atoms with van der Waals surface area (Å²) in [4.78, 5) is 36.3. The molecule has 0 radical (unpaired) electrons. The van der Waals surface area contributed by atoms with Crippen LogP contribution in [0.15, 0.2) is 84.1 Å². The minimum Gasteiger partial charge on any atom is -0.455 e. The van der Waals surface area contributed by atoms with E-state index in [0.717, 1.165) is 23.0 Å². The van der Waals surface area contributed by atoms with Gasteiger partial charge in [0, 0.05) is 24.5 Å². The molecule has 34 heavy (non-hydrogen) atoms. The monoisotopic (exact) mass is 475 g/mol. The highest BCUT2D eigenvalue weighted by Gasteiger charge is 2.18. The van der Waals surface area contributed by atoms with Gasteiger partial charge in [-0.1, -0.05) is 60.3 Å². The Hall–Kier alpha value is -4.18. The van der Waals surface area contributed by atoms with Gasteiger partial charge in [0.2, 0.25) is 0 Å². The molecule has 2 heterocycles. The number of hydrogen-bond donors (Lipinski definition) is 1. The molecule has 0 fully saturated rings. The molecule has 2 amide bonds. The number of nitrogens with one attached hydrogen (secondary N) is 1. The first-order chi connectivity index (χ1) is 16.5. The highest BCUT2D eigenvalue weighted by atomic mass is 32.2. The number of benzene rings is 2. The predicted molar refractivity (Wildman–Crippen MR) is 126 cm³/mol. The molecular formula is C24H21N5O4S. The maximum Gasteiger partial charge on any atom is 0.316 e. The first-order valence-electron chi connectivity index (χ1n) is 10.3. The fourth-order valence-electron chi connectivity index (χ4n) is 3.18. The van der Waals surface area contributed by atoms with Gasteiger partial charge >= 0.3 is 5.97 Å². The lowest BCUT2D eigenvalue weighted by Gasteiger charge is -2.10. The second-order valence-electron chi connectivity index (χ2n) is 7.17. The first-order valence-corrected chi connectivity index (χ1v) is 11.3. The van der Waals surface area contributed by atoms with Crippen molar-refractivity contribution in [2.45, 2.75) is 5.16 Å². The van der Waals surface area contributed by atoms with Crippen LogP contribution in [0.1, 0.15) is 10.5 Å². The van der Waals surface area contributed by atoms with Crippen molar-refractivity contribution in [3.8, 4) is 17.1 Å². The fourth-order valence-corrected chi connectivity index (χ4v) is 3.93. The lowest BCUT2D eigenvalue weighted by molar-refractivity contribution is -0.145. The minimum atomic E-state index is -0.705. The maximum absolute atomic E-state index is 12.2. The molecule has 1 N–H and O–H groups in total. The van der Waals surface area contributed by atoms with Gasteiger partial charge in [-0.2, -0.15) is 0 Å². The molecule has 0 spiro atoms. The van der Waals surface area contributed by atoms with Crippen LogP contribution in [-0.4, -0.2) is 49.5 Å². The average Bonchev–Trinajstić information content (AvgIpc) is 3.48. The normalized spacial score (nSPS) is 10.6. The Bertz CT molecular complexity index is 1300. The van der Waals surface area contributed by atoms with Crippen LogP contribution in [0, 0.1) is 0 Å². The molecule has 0 unspecified atom stereocenters. The molecule has 0 aliphatic carbocycles. The Kier molecular flexibility index (Phi) is 7.19. The van der Waals surface area contributed by atoms with E-state index in [9.17, 15) is 14.4 Å². The number of nitrogens with zero attached hydrogens (tertiary/aromatic N) is 4. The van der Waals surface area contributed by atoms with Crippen LogP contribution >= 0.6 is 11.8 Å². The Labute approximate surface area is 199 Å². The standard InChI is InChI=1S/C24H21N5O4S/c1-28-14-8-13-19(28)23(32)25-20(30)15-33-21(31)16-34-24-27-26-22(17-9-4-2-5-10-17)29(24)18-11-6-3-7-12-18/h2-14H,15-16H2,1H3,(H,25,30,32). The Morgan fingerprint density at radius 1 is 0.941 bits per heavy atom. The molecule has 0 aliphatic heterocycles. The molecule has 0 aliphatic rings. The summed E-state index contributed by atoms with van der Waals surface area (Å²) in [5, 5.41) is 11.3. The van der Waals surface area contributed by atoms with E-state index < -0.39 is 24.4 Å². The van der Waals surface area contributed by atoms with Crippen LogP contribution in [0.25, 0.3) is 17.1 Å². The third-order valence-electron chi connectivity index (χ3n) is 4.79. The summed E-state index contributed by atoms with van der Waals surface area (Å²) in [6, 6.07) is 22.4. The maximum atomic E-state index is 12.2. The van der Waals surface area contributed by atoms with Gasteiger partial charge in [0.1, 0.15) is 5.69 Å².